The summed E-state index contributed by atoms with van der Waals surface area (Å²) in [4.78, 5) is 52.3. The Hall–Kier alpha value is -5.24. The maximum atomic E-state index is 15.0. The molecule has 0 aliphatic carbocycles. The molecule has 4 aromatic carbocycles. The van der Waals surface area contributed by atoms with Crippen LogP contribution in [0.5, 0.6) is 0 Å². The van der Waals surface area contributed by atoms with Crippen LogP contribution in [0.1, 0.15) is 40.9 Å². The number of esters is 2. The zero-order valence-electron chi connectivity index (χ0n) is 25.0. The first-order chi connectivity index (χ1) is 23.0. The lowest BCUT2D eigenvalue weighted by atomic mass is 9.96. The Morgan fingerprint density at radius 3 is 1.87 bits per heavy atom. The van der Waals surface area contributed by atoms with Crippen LogP contribution in [0.4, 0.5) is 0 Å². The smallest absolute Gasteiger partial charge is 0.359 e. The predicted octanol–water partition coefficient (Wildman–Crippen LogP) is 4.72. The average Bonchev–Trinajstić information content (AvgIpc) is 3.44. The lowest BCUT2D eigenvalue weighted by molar-refractivity contribution is -0.161. The summed E-state index contributed by atoms with van der Waals surface area (Å²) in [6.07, 6.45) is 2.39. The molecule has 232 valence electrons. The molecule has 0 saturated carbocycles. The molecule has 2 atom stereocenters. The number of cyclic esters (lactones) is 1. The number of hydrogen-bond donors (Lipinski definition) is 0. The number of nitrogens with zero attached hydrogens (tertiary/aromatic N) is 3. The highest BCUT2D eigenvalue weighted by Crippen LogP contribution is 2.49. The molecule has 1 fully saturated rings. The van der Waals surface area contributed by atoms with Gasteiger partial charge < -0.3 is 14.4 Å². The van der Waals surface area contributed by atoms with Crippen LogP contribution < -0.4 is 15.9 Å². The van der Waals surface area contributed by atoms with Crippen molar-refractivity contribution >= 4 is 63.1 Å². The number of carbonyl (C=O) groups is 3. The van der Waals surface area contributed by atoms with Gasteiger partial charge in [0.25, 0.3) is 6.29 Å². The van der Waals surface area contributed by atoms with Crippen molar-refractivity contribution in [2.75, 3.05) is 0 Å². The third-order valence-electron chi connectivity index (χ3n) is 8.30. The summed E-state index contributed by atoms with van der Waals surface area (Å²) < 4.78 is 11.7. The average molecular weight is 658 g/mol. The second kappa shape index (κ2) is 12.9. The van der Waals surface area contributed by atoms with Crippen LogP contribution in [0.3, 0.4) is 0 Å². The third-order valence-corrected chi connectivity index (χ3v) is 12.9. The minimum absolute atomic E-state index is 0.170. The number of rotatable bonds is 9. The van der Waals surface area contributed by atoms with Gasteiger partial charge in [-0.25, -0.2) is 19.6 Å². The standard InChI is InChI=1S/C37H28N3O5PS/c41-32-24-25(23-31(47)33-38-21-12-22-39-33)40(32)34(36(43)45-37-30-20-11-10-19-29(30)35(42)44-37)46(26-13-4-1-5-14-26,27-15-6-2-7-16-27)28-17-8-3-9-18-28/h1-22,25,37H,23-24H2. The highest BCUT2D eigenvalue weighted by atomic mass is 32.1. The summed E-state index contributed by atoms with van der Waals surface area (Å²) in [5, 5.41) is 2.54. The van der Waals surface area contributed by atoms with E-state index in [1.54, 1.807) is 47.6 Å². The lowest BCUT2D eigenvalue weighted by Crippen LogP contribution is -2.60. The van der Waals surface area contributed by atoms with Crippen molar-refractivity contribution < 1.29 is 23.9 Å². The van der Waals surface area contributed by atoms with E-state index < -0.39 is 31.2 Å². The number of benzene rings is 4. The lowest BCUT2D eigenvalue weighted by Gasteiger charge is -2.45. The molecule has 5 aromatic rings. The van der Waals surface area contributed by atoms with Gasteiger partial charge in [0.05, 0.1) is 16.5 Å². The highest BCUT2D eigenvalue weighted by molar-refractivity contribution is 7.96. The van der Waals surface area contributed by atoms with Gasteiger partial charge in [-0.3, -0.25) is 4.79 Å². The number of hydrogen-bond acceptors (Lipinski definition) is 8. The minimum Gasteiger partial charge on any atom is -0.417 e. The molecule has 2 aliphatic rings. The molecule has 2 unspecified atom stereocenters. The first kappa shape index (κ1) is 30.4. The van der Waals surface area contributed by atoms with Crippen LogP contribution in [0, 0.1) is 0 Å². The van der Waals surface area contributed by atoms with E-state index in [0.29, 0.717) is 21.8 Å². The first-order valence-electron chi connectivity index (χ1n) is 15.0. The van der Waals surface area contributed by atoms with Crippen molar-refractivity contribution in [2.45, 2.75) is 25.2 Å². The van der Waals surface area contributed by atoms with E-state index in [0.717, 1.165) is 15.9 Å². The molecule has 0 spiro atoms. The number of carbonyl (C=O) groups excluding carboxylic acids is 3. The van der Waals surface area contributed by atoms with Gasteiger partial charge in [-0.15, -0.1) is 0 Å². The Labute approximate surface area is 277 Å². The molecule has 8 nitrogen and oxygen atoms in total. The van der Waals surface area contributed by atoms with Crippen LogP contribution >= 0.6 is 19.1 Å². The molecule has 2 aliphatic heterocycles. The molecule has 10 heteroatoms. The molecule has 1 amide bonds. The van der Waals surface area contributed by atoms with E-state index in [4.69, 9.17) is 21.7 Å². The van der Waals surface area contributed by atoms with Crippen molar-refractivity contribution in [3.8, 4) is 0 Å². The van der Waals surface area contributed by atoms with Gasteiger partial charge in [-0.05, 0) is 28.0 Å². The van der Waals surface area contributed by atoms with Crippen LogP contribution in [0.15, 0.2) is 134 Å². The van der Waals surface area contributed by atoms with E-state index >= 15 is 0 Å². The van der Waals surface area contributed by atoms with Gasteiger partial charge in [-0.1, -0.05) is 121 Å². The van der Waals surface area contributed by atoms with Gasteiger partial charge in [-0.2, -0.15) is 0 Å². The fourth-order valence-electron chi connectivity index (χ4n) is 6.20. The van der Waals surface area contributed by atoms with Gasteiger partial charge >= 0.3 is 11.9 Å². The largest absolute Gasteiger partial charge is 0.417 e. The number of likely N-dealkylation sites (tertiary alicyclic amines) is 1. The molecule has 1 saturated heterocycles. The van der Waals surface area contributed by atoms with Crippen molar-refractivity contribution in [3.63, 3.8) is 0 Å². The molecule has 3 heterocycles. The maximum absolute atomic E-state index is 15.0. The summed E-state index contributed by atoms with van der Waals surface area (Å²) in [6.45, 7) is -3.16. The monoisotopic (exact) mass is 657 g/mol. The topological polar surface area (TPSA) is 98.7 Å². The van der Waals surface area contributed by atoms with Crippen LogP contribution in [-0.2, 0) is 19.1 Å². The normalized spacial score (nSPS) is 16.9. The molecular weight excluding hydrogens is 629 g/mol. The number of β-lactam (4-membered cyclic amide) rings is 1. The van der Waals surface area contributed by atoms with Gasteiger partial charge in [0.1, 0.15) is 5.42 Å². The summed E-state index contributed by atoms with van der Waals surface area (Å²) in [5.41, 5.74) is 0.954. The predicted molar refractivity (Wildman–Crippen MR) is 184 cm³/mol. The van der Waals surface area contributed by atoms with E-state index in [2.05, 4.69) is 9.97 Å². The Morgan fingerprint density at radius 2 is 1.32 bits per heavy atom. The fraction of sp³-hybridized carbons (Fsp3) is 0.108. The summed E-state index contributed by atoms with van der Waals surface area (Å²) in [7, 11) is 0. The van der Waals surface area contributed by atoms with Gasteiger partial charge in [0.2, 0.25) is 5.91 Å². The SMILES string of the molecule is O=C(OC1OC(=O)c2ccccc21)C(N1C(=O)CC1CC(=S)c1ncccn1)=P(c1ccccc1)(c1ccccc1)c1ccccc1. The molecule has 0 radical (unpaired) electrons. The van der Waals surface area contributed by atoms with E-state index in [-0.39, 0.29) is 24.2 Å². The van der Waals surface area contributed by atoms with Gasteiger partial charge in [0, 0.05) is 37.7 Å². The molecule has 0 N–H and O–H groups in total. The van der Waals surface area contributed by atoms with Crippen molar-refractivity contribution in [3.05, 3.63) is 151 Å². The van der Waals surface area contributed by atoms with E-state index in [1.807, 2.05) is 91.0 Å². The zero-order valence-corrected chi connectivity index (χ0v) is 26.7. The number of ether oxygens (including phenoxy) is 2. The summed E-state index contributed by atoms with van der Waals surface area (Å²) in [5.74, 6) is -1.18. The number of amides is 1. The number of aromatic nitrogens is 2. The Kier molecular flexibility index (Phi) is 8.33. The van der Waals surface area contributed by atoms with E-state index in [1.165, 1.54) is 0 Å². The molecule has 1 aromatic heterocycles. The van der Waals surface area contributed by atoms with Crippen LogP contribution in [0.2, 0.25) is 0 Å². The summed E-state index contributed by atoms with van der Waals surface area (Å²) >= 11 is 5.75. The van der Waals surface area contributed by atoms with E-state index in [9.17, 15) is 14.4 Å². The second-order valence-electron chi connectivity index (χ2n) is 11.1. The fourth-order valence-corrected chi connectivity index (χ4v) is 10.9. The van der Waals surface area contributed by atoms with Crippen molar-refractivity contribution in [1.82, 2.24) is 14.9 Å². The Balaban J connectivity index is 1.49. The second-order valence-corrected chi connectivity index (χ2v) is 14.9. The Morgan fingerprint density at radius 1 is 0.787 bits per heavy atom. The molecule has 7 rings (SSSR count). The molecule has 0 bridgehead atoms. The zero-order chi connectivity index (χ0) is 32.4. The molecular formula is C37H28N3O5PS. The summed E-state index contributed by atoms with van der Waals surface area (Å²) in [6, 6.07) is 37.2. The minimum atomic E-state index is -3.16. The van der Waals surface area contributed by atoms with Crippen LogP contribution in [-0.4, -0.2) is 49.0 Å². The molecule has 47 heavy (non-hydrogen) atoms. The quantitative estimate of drug-likeness (QED) is 0.0739. The maximum Gasteiger partial charge on any atom is 0.359 e. The van der Waals surface area contributed by atoms with Crippen molar-refractivity contribution in [1.29, 1.82) is 0 Å². The highest BCUT2D eigenvalue weighted by Gasteiger charge is 2.48. The third kappa shape index (κ3) is 5.47. The van der Waals surface area contributed by atoms with Crippen LogP contribution in [0.25, 0.3) is 0 Å². The van der Waals surface area contributed by atoms with Gasteiger partial charge in [0.15, 0.2) is 5.82 Å². The first-order valence-corrected chi connectivity index (χ1v) is 17.2. The number of fused-ring (bicyclic) bond motifs is 1. The number of thiocarbonyl (C=S) groups is 1. The van der Waals surface area contributed by atoms with Crippen molar-refractivity contribution in [2.24, 2.45) is 0 Å². The Bertz CT molecular complexity index is 1940.